The van der Waals surface area contributed by atoms with E-state index in [1.165, 1.54) is 36.4 Å². The van der Waals surface area contributed by atoms with Crippen LogP contribution in [0.2, 0.25) is 0 Å². The summed E-state index contributed by atoms with van der Waals surface area (Å²) >= 11 is 0. The number of rotatable bonds is 5. The number of carbonyl (C=O) groups excluding carboxylic acids is 2. The number of aromatic nitrogens is 2. The predicted molar refractivity (Wildman–Crippen MR) is 120 cm³/mol. The van der Waals surface area contributed by atoms with E-state index in [-0.39, 0.29) is 28.5 Å². The zero-order valence-corrected chi connectivity index (χ0v) is 17.0. The molecule has 3 N–H and O–H groups in total. The van der Waals surface area contributed by atoms with Crippen molar-refractivity contribution in [3.63, 3.8) is 0 Å². The van der Waals surface area contributed by atoms with Crippen molar-refractivity contribution in [3.8, 4) is 17.0 Å². The molecule has 7 nitrogen and oxygen atoms in total. The van der Waals surface area contributed by atoms with Crippen LogP contribution in [0.3, 0.4) is 0 Å². The van der Waals surface area contributed by atoms with Gasteiger partial charge in [0.25, 0.3) is 5.91 Å². The molecule has 0 aliphatic rings. The van der Waals surface area contributed by atoms with Gasteiger partial charge in [-0.2, -0.15) is 5.10 Å². The highest BCUT2D eigenvalue weighted by atomic mass is 19.1. The second kappa shape index (κ2) is 8.08. The van der Waals surface area contributed by atoms with Crippen LogP contribution in [0, 0.1) is 5.82 Å². The van der Waals surface area contributed by atoms with Crippen molar-refractivity contribution in [2.75, 3.05) is 5.32 Å². The summed E-state index contributed by atoms with van der Waals surface area (Å²) in [5.41, 5.74) is 1.81. The molecule has 0 unspecified atom stereocenters. The Kier molecular flexibility index (Phi) is 4.95. The van der Waals surface area contributed by atoms with Gasteiger partial charge in [0.05, 0.1) is 11.4 Å². The first-order valence-electron chi connectivity index (χ1n) is 9.98. The average Bonchev–Trinajstić information content (AvgIpc) is 3.45. The topological polar surface area (TPSA) is 108 Å². The third kappa shape index (κ3) is 3.74. The lowest BCUT2D eigenvalue weighted by Gasteiger charge is -2.05. The van der Waals surface area contributed by atoms with E-state index in [0.29, 0.717) is 22.2 Å². The van der Waals surface area contributed by atoms with Gasteiger partial charge >= 0.3 is 0 Å². The maximum absolute atomic E-state index is 13.3. The maximum Gasteiger partial charge on any atom is 0.273 e. The van der Waals surface area contributed by atoms with E-state index in [4.69, 9.17) is 4.42 Å². The quantitative estimate of drug-likeness (QED) is 0.327. The minimum absolute atomic E-state index is 0.0315. The Morgan fingerprint density at radius 2 is 1.70 bits per heavy atom. The third-order valence-corrected chi connectivity index (χ3v) is 5.15. The number of anilines is 1. The number of phenolic OH excluding ortho intramolecular Hbond substituents is 1. The molecule has 0 saturated heterocycles. The fraction of sp³-hybridized carbons (Fsp3) is 0. The number of para-hydroxylation sites is 2. The van der Waals surface area contributed by atoms with Crippen molar-refractivity contribution in [2.24, 2.45) is 0 Å². The van der Waals surface area contributed by atoms with Gasteiger partial charge in [-0.15, -0.1) is 0 Å². The molecule has 1 amide bonds. The minimum atomic E-state index is -0.552. The molecule has 162 valence electrons. The van der Waals surface area contributed by atoms with E-state index in [0.717, 1.165) is 0 Å². The summed E-state index contributed by atoms with van der Waals surface area (Å²) in [6.45, 7) is 0. The van der Waals surface area contributed by atoms with Gasteiger partial charge in [0.1, 0.15) is 22.8 Å². The number of furan rings is 1. The Labute approximate surface area is 186 Å². The molecule has 0 atom stereocenters. The fourth-order valence-corrected chi connectivity index (χ4v) is 3.51. The van der Waals surface area contributed by atoms with Gasteiger partial charge in [-0.1, -0.05) is 24.3 Å². The molecule has 0 saturated carbocycles. The molecule has 2 aromatic heterocycles. The molecule has 0 bridgehead atoms. The van der Waals surface area contributed by atoms with Crippen LogP contribution in [0.15, 0.2) is 83.3 Å². The first-order chi connectivity index (χ1) is 16.0. The molecule has 5 aromatic rings. The van der Waals surface area contributed by atoms with Crippen LogP contribution >= 0.6 is 0 Å². The lowest BCUT2D eigenvalue weighted by atomic mass is 10.1. The van der Waals surface area contributed by atoms with Crippen LogP contribution < -0.4 is 5.32 Å². The number of nitrogens with zero attached hydrogens (tertiary/aromatic N) is 1. The van der Waals surface area contributed by atoms with Crippen LogP contribution in [-0.4, -0.2) is 27.0 Å². The molecular weight excluding hydrogens is 425 g/mol. The third-order valence-electron chi connectivity index (χ3n) is 5.15. The van der Waals surface area contributed by atoms with Crippen molar-refractivity contribution in [1.29, 1.82) is 0 Å². The number of phenols is 1. The Bertz CT molecular complexity index is 1500. The Morgan fingerprint density at radius 1 is 0.970 bits per heavy atom. The van der Waals surface area contributed by atoms with E-state index >= 15 is 0 Å². The molecule has 33 heavy (non-hydrogen) atoms. The van der Waals surface area contributed by atoms with Crippen molar-refractivity contribution in [2.45, 2.75) is 0 Å². The molecule has 2 heterocycles. The Morgan fingerprint density at radius 3 is 2.48 bits per heavy atom. The summed E-state index contributed by atoms with van der Waals surface area (Å²) in [5.74, 6) is -1.56. The SMILES string of the molecule is O=C(Nc1c(C(=O)c2ccc(F)cc2)oc2ccccc12)c1cc(-c2ccccc2O)n[nH]1. The van der Waals surface area contributed by atoms with Gasteiger partial charge in [0.2, 0.25) is 5.78 Å². The van der Waals surface area contributed by atoms with Gasteiger partial charge in [0, 0.05) is 16.5 Å². The fourth-order valence-electron chi connectivity index (χ4n) is 3.51. The summed E-state index contributed by atoms with van der Waals surface area (Å²) in [5, 5.41) is 20.1. The summed E-state index contributed by atoms with van der Waals surface area (Å²) < 4.78 is 19.0. The highest BCUT2D eigenvalue weighted by molar-refractivity contribution is 6.18. The molecular formula is C25H16FN3O4. The first-order valence-corrected chi connectivity index (χ1v) is 9.98. The van der Waals surface area contributed by atoms with Crippen molar-refractivity contribution >= 4 is 28.3 Å². The molecule has 0 spiro atoms. The zero-order valence-electron chi connectivity index (χ0n) is 17.0. The standard InChI is InChI=1S/C25H16FN3O4/c26-15-11-9-14(10-12-15)23(31)24-22(17-6-2-4-8-21(17)33-24)27-25(32)19-13-18(28-29-19)16-5-1-3-7-20(16)30/h1-13,30H,(H,27,32)(H,28,29). The molecule has 0 aliphatic carbocycles. The molecule has 8 heteroatoms. The van der Waals surface area contributed by atoms with E-state index in [2.05, 4.69) is 15.5 Å². The van der Waals surface area contributed by atoms with E-state index in [9.17, 15) is 19.1 Å². The highest BCUT2D eigenvalue weighted by Crippen LogP contribution is 2.33. The van der Waals surface area contributed by atoms with Crippen LogP contribution in [0.25, 0.3) is 22.2 Å². The van der Waals surface area contributed by atoms with Crippen LogP contribution in [0.4, 0.5) is 10.1 Å². The number of ketones is 1. The number of H-pyrrole nitrogens is 1. The Hall–Kier alpha value is -4.72. The Balaban J connectivity index is 1.51. The molecule has 5 rings (SSSR count). The maximum atomic E-state index is 13.3. The first kappa shape index (κ1) is 20.2. The largest absolute Gasteiger partial charge is 0.507 e. The van der Waals surface area contributed by atoms with Crippen LogP contribution in [0.1, 0.15) is 26.6 Å². The smallest absolute Gasteiger partial charge is 0.273 e. The lowest BCUT2D eigenvalue weighted by molar-refractivity contribution is 0.101. The number of aromatic amines is 1. The normalized spacial score (nSPS) is 10.9. The molecule has 3 aromatic carbocycles. The number of amides is 1. The van der Waals surface area contributed by atoms with Gasteiger partial charge in [-0.3, -0.25) is 14.7 Å². The van der Waals surface area contributed by atoms with Crippen molar-refractivity contribution in [3.05, 3.63) is 102 Å². The number of carbonyl (C=O) groups is 2. The van der Waals surface area contributed by atoms with Crippen LogP contribution in [0.5, 0.6) is 5.75 Å². The van der Waals surface area contributed by atoms with Gasteiger partial charge in [-0.25, -0.2) is 4.39 Å². The van der Waals surface area contributed by atoms with E-state index in [1.807, 2.05) is 0 Å². The number of hydrogen-bond donors (Lipinski definition) is 3. The number of hydrogen-bond acceptors (Lipinski definition) is 5. The number of nitrogens with one attached hydrogen (secondary N) is 2. The molecule has 0 aliphatic heterocycles. The minimum Gasteiger partial charge on any atom is -0.507 e. The molecule has 0 radical (unpaired) electrons. The average molecular weight is 441 g/mol. The van der Waals surface area contributed by atoms with Gasteiger partial charge < -0.3 is 14.8 Å². The molecule has 0 fully saturated rings. The monoisotopic (exact) mass is 441 g/mol. The second-order valence-corrected chi connectivity index (χ2v) is 7.28. The number of benzene rings is 3. The zero-order chi connectivity index (χ0) is 22.9. The predicted octanol–water partition coefficient (Wildman–Crippen LogP) is 5.15. The summed E-state index contributed by atoms with van der Waals surface area (Å²) in [6.07, 6.45) is 0. The van der Waals surface area contributed by atoms with Crippen LogP contribution in [-0.2, 0) is 0 Å². The second-order valence-electron chi connectivity index (χ2n) is 7.28. The van der Waals surface area contributed by atoms with Crippen molar-refractivity contribution < 1.29 is 23.5 Å². The van der Waals surface area contributed by atoms with Gasteiger partial charge in [-0.05, 0) is 54.6 Å². The number of aromatic hydroxyl groups is 1. The van der Waals surface area contributed by atoms with Gasteiger partial charge in [0.15, 0.2) is 5.76 Å². The summed E-state index contributed by atoms with van der Waals surface area (Å²) in [4.78, 5) is 26.1. The summed E-state index contributed by atoms with van der Waals surface area (Å²) in [7, 11) is 0. The van der Waals surface area contributed by atoms with E-state index < -0.39 is 17.5 Å². The lowest BCUT2D eigenvalue weighted by Crippen LogP contribution is -2.14. The summed E-state index contributed by atoms with van der Waals surface area (Å²) in [6, 6.07) is 20.1. The number of fused-ring (bicyclic) bond motifs is 1. The number of halogens is 1. The van der Waals surface area contributed by atoms with E-state index in [1.54, 1.807) is 42.5 Å². The highest BCUT2D eigenvalue weighted by Gasteiger charge is 2.24. The van der Waals surface area contributed by atoms with Crippen molar-refractivity contribution in [1.82, 2.24) is 10.2 Å².